The first kappa shape index (κ1) is 15.3. The number of hydrogen-bond acceptors (Lipinski definition) is 2. The van der Waals surface area contributed by atoms with E-state index >= 15 is 0 Å². The van der Waals surface area contributed by atoms with E-state index in [2.05, 4.69) is 5.32 Å². The van der Waals surface area contributed by atoms with E-state index in [1.807, 2.05) is 43.1 Å². The molecule has 2 unspecified atom stereocenters. The van der Waals surface area contributed by atoms with Crippen LogP contribution in [-0.4, -0.2) is 30.4 Å². The maximum Gasteiger partial charge on any atom is 0.222 e. The van der Waals surface area contributed by atoms with Crippen LogP contribution in [0.15, 0.2) is 24.3 Å². The third kappa shape index (κ3) is 3.97. The lowest BCUT2D eigenvalue weighted by Crippen LogP contribution is -2.31. The van der Waals surface area contributed by atoms with Crippen LogP contribution in [0.25, 0.3) is 0 Å². The van der Waals surface area contributed by atoms with Crippen LogP contribution in [0.3, 0.4) is 0 Å². The molecule has 0 bridgehead atoms. The summed E-state index contributed by atoms with van der Waals surface area (Å²) in [5.74, 6) is 0.200. The van der Waals surface area contributed by atoms with Gasteiger partial charge in [0.2, 0.25) is 5.91 Å². The van der Waals surface area contributed by atoms with Crippen LogP contribution in [0.2, 0.25) is 5.02 Å². The van der Waals surface area contributed by atoms with Gasteiger partial charge in [0.05, 0.1) is 6.04 Å². The Morgan fingerprint density at radius 2 is 2.35 bits per heavy atom. The van der Waals surface area contributed by atoms with Crippen molar-refractivity contribution in [3.63, 3.8) is 0 Å². The largest absolute Gasteiger partial charge is 0.339 e. The van der Waals surface area contributed by atoms with Crippen LogP contribution in [0.1, 0.15) is 44.2 Å². The Morgan fingerprint density at radius 3 is 3.00 bits per heavy atom. The summed E-state index contributed by atoms with van der Waals surface area (Å²) >= 11 is 6.01. The van der Waals surface area contributed by atoms with Crippen molar-refractivity contribution in [3.05, 3.63) is 34.9 Å². The molecule has 4 heteroatoms. The van der Waals surface area contributed by atoms with Gasteiger partial charge in [0, 0.05) is 24.5 Å². The fourth-order valence-electron chi connectivity index (χ4n) is 2.68. The Bertz CT molecular complexity index is 458. The summed E-state index contributed by atoms with van der Waals surface area (Å²) in [4.78, 5) is 14.1. The number of rotatable bonds is 5. The minimum atomic E-state index is 0.0535. The maximum atomic E-state index is 12.3. The number of carbonyl (C=O) groups is 1. The molecular formula is C16H23ClN2O. The van der Waals surface area contributed by atoms with Gasteiger partial charge in [-0.1, -0.05) is 23.7 Å². The monoisotopic (exact) mass is 294 g/mol. The molecule has 3 nitrogen and oxygen atoms in total. The number of halogens is 1. The highest BCUT2D eigenvalue weighted by Crippen LogP contribution is 2.23. The van der Waals surface area contributed by atoms with E-state index in [4.69, 9.17) is 11.6 Å². The molecule has 0 aliphatic carbocycles. The minimum absolute atomic E-state index is 0.0535. The van der Waals surface area contributed by atoms with E-state index in [1.165, 1.54) is 12.8 Å². The highest BCUT2D eigenvalue weighted by atomic mass is 35.5. The fourth-order valence-corrected chi connectivity index (χ4v) is 2.88. The fraction of sp³-hybridized carbons (Fsp3) is 0.562. The van der Waals surface area contributed by atoms with Crippen LogP contribution in [0.5, 0.6) is 0 Å². The molecule has 1 fully saturated rings. The number of carbonyl (C=O) groups excluding carboxylic acids is 1. The van der Waals surface area contributed by atoms with Gasteiger partial charge in [-0.2, -0.15) is 0 Å². The summed E-state index contributed by atoms with van der Waals surface area (Å²) in [6.07, 6.45) is 3.97. The Balaban J connectivity index is 1.88. The van der Waals surface area contributed by atoms with Crippen molar-refractivity contribution < 1.29 is 4.79 Å². The zero-order chi connectivity index (χ0) is 14.5. The normalized spacial score (nSPS) is 19.9. The molecule has 1 heterocycles. The van der Waals surface area contributed by atoms with Crippen molar-refractivity contribution in [2.75, 3.05) is 13.6 Å². The highest BCUT2D eigenvalue weighted by molar-refractivity contribution is 6.30. The molecule has 0 spiro atoms. The van der Waals surface area contributed by atoms with E-state index in [0.717, 1.165) is 18.5 Å². The van der Waals surface area contributed by atoms with Gasteiger partial charge in [-0.15, -0.1) is 0 Å². The number of hydrogen-bond donors (Lipinski definition) is 1. The van der Waals surface area contributed by atoms with E-state index in [1.54, 1.807) is 0 Å². The first-order valence-electron chi connectivity index (χ1n) is 7.32. The van der Waals surface area contributed by atoms with Crippen molar-refractivity contribution in [2.24, 2.45) is 0 Å². The first-order valence-corrected chi connectivity index (χ1v) is 7.70. The lowest BCUT2D eigenvalue weighted by Gasteiger charge is -2.26. The third-order valence-electron chi connectivity index (χ3n) is 4.17. The second kappa shape index (κ2) is 7.09. The molecule has 1 aliphatic heterocycles. The SMILES string of the molecule is CC(c1cccc(Cl)c1)N(C)C(=O)CCC1CCCN1. The van der Waals surface area contributed by atoms with E-state index in [-0.39, 0.29) is 11.9 Å². The van der Waals surface area contributed by atoms with Gasteiger partial charge in [0.15, 0.2) is 0 Å². The van der Waals surface area contributed by atoms with Gasteiger partial charge in [0.25, 0.3) is 0 Å². The second-order valence-electron chi connectivity index (χ2n) is 5.57. The van der Waals surface area contributed by atoms with Crippen molar-refractivity contribution in [1.82, 2.24) is 10.2 Å². The number of nitrogens with zero attached hydrogens (tertiary/aromatic N) is 1. The standard InChI is InChI=1S/C16H23ClN2O/c1-12(13-5-3-6-14(17)11-13)19(2)16(20)9-8-15-7-4-10-18-15/h3,5-6,11-12,15,18H,4,7-10H2,1-2H3. The molecule has 1 aromatic carbocycles. The summed E-state index contributed by atoms with van der Waals surface area (Å²) < 4.78 is 0. The summed E-state index contributed by atoms with van der Waals surface area (Å²) in [5.41, 5.74) is 1.08. The predicted octanol–water partition coefficient (Wildman–Crippen LogP) is 3.39. The second-order valence-corrected chi connectivity index (χ2v) is 6.00. The third-order valence-corrected chi connectivity index (χ3v) is 4.41. The van der Waals surface area contributed by atoms with Gasteiger partial charge in [-0.25, -0.2) is 0 Å². The molecule has 1 N–H and O–H groups in total. The molecule has 0 saturated carbocycles. The zero-order valence-electron chi connectivity index (χ0n) is 12.2. The molecule has 1 amide bonds. The molecule has 20 heavy (non-hydrogen) atoms. The smallest absolute Gasteiger partial charge is 0.222 e. The van der Waals surface area contributed by atoms with Gasteiger partial charge in [0.1, 0.15) is 0 Å². The average Bonchev–Trinajstić information content (AvgIpc) is 2.96. The molecular weight excluding hydrogens is 272 g/mol. The molecule has 0 radical (unpaired) electrons. The van der Waals surface area contributed by atoms with Crippen molar-refractivity contribution in [2.45, 2.75) is 44.7 Å². The first-order chi connectivity index (χ1) is 9.58. The van der Waals surface area contributed by atoms with Crippen LogP contribution < -0.4 is 5.32 Å². The molecule has 110 valence electrons. The van der Waals surface area contributed by atoms with Gasteiger partial charge < -0.3 is 10.2 Å². The highest BCUT2D eigenvalue weighted by Gasteiger charge is 2.20. The van der Waals surface area contributed by atoms with Gasteiger partial charge in [-0.3, -0.25) is 4.79 Å². The Morgan fingerprint density at radius 1 is 1.55 bits per heavy atom. The van der Waals surface area contributed by atoms with Gasteiger partial charge in [-0.05, 0) is 50.4 Å². The minimum Gasteiger partial charge on any atom is -0.339 e. The van der Waals surface area contributed by atoms with Crippen molar-refractivity contribution in [3.8, 4) is 0 Å². The number of benzene rings is 1. The van der Waals surface area contributed by atoms with Crippen molar-refractivity contribution in [1.29, 1.82) is 0 Å². The van der Waals surface area contributed by atoms with Crippen LogP contribution in [0.4, 0.5) is 0 Å². The number of amides is 1. The predicted molar refractivity (Wildman–Crippen MR) is 82.9 cm³/mol. The molecule has 1 aliphatic rings. The van der Waals surface area contributed by atoms with E-state index in [0.29, 0.717) is 17.5 Å². The Labute approximate surface area is 126 Å². The quantitative estimate of drug-likeness (QED) is 0.903. The Kier molecular flexibility index (Phi) is 5.44. The lowest BCUT2D eigenvalue weighted by atomic mass is 10.1. The molecule has 1 aromatic rings. The molecule has 2 rings (SSSR count). The van der Waals surface area contributed by atoms with Crippen LogP contribution in [0, 0.1) is 0 Å². The van der Waals surface area contributed by atoms with E-state index < -0.39 is 0 Å². The van der Waals surface area contributed by atoms with Crippen molar-refractivity contribution >= 4 is 17.5 Å². The maximum absolute atomic E-state index is 12.3. The summed E-state index contributed by atoms with van der Waals surface area (Å²) in [7, 11) is 1.87. The summed E-state index contributed by atoms with van der Waals surface area (Å²) in [6.45, 7) is 3.13. The molecule has 2 atom stereocenters. The lowest BCUT2D eigenvalue weighted by molar-refractivity contribution is -0.132. The molecule has 1 saturated heterocycles. The van der Waals surface area contributed by atoms with Gasteiger partial charge >= 0.3 is 0 Å². The Hall–Kier alpha value is -1.06. The topological polar surface area (TPSA) is 32.3 Å². The van der Waals surface area contributed by atoms with Crippen LogP contribution in [-0.2, 0) is 4.79 Å². The van der Waals surface area contributed by atoms with E-state index in [9.17, 15) is 4.79 Å². The number of nitrogens with one attached hydrogen (secondary N) is 1. The van der Waals surface area contributed by atoms with Crippen LogP contribution >= 0.6 is 11.6 Å². The summed E-state index contributed by atoms with van der Waals surface area (Å²) in [5, 5.41) is 4.14. The molecule has 0 aromatic heterocycles. The summed E-state index contributed by atoms with van der Waals surface area (Å²) in [6, 6.07) is 8.29. The zero-order valence-corrected chi connectivity index (χ0v) is 13.0. The average molecular weight is 295 g/mol.